The highest BCUT2D eigenvalue weighted by molar-refractivity contribution is 5.55. The number of aromatic nitrogens is 2. The Bertz CT molecular complexity index is 685. The van der Waals surface area contributed by atoms with Crippen LogP contribution >= 0.6 is 0 Å². The van der Waals surface area contributed by atoms with Gasteiger partial charge in [-0.25, -0.2) is 0 Å². The second kappa shape index (κ2) is 7.11. The van der Waals surface area contributed by atoms with Gasteiger partial charge in [-0.3, -0.25) is 4.90 Å². The minimum atomic E-state index is -0.462. The number of nitrogens with zero attached hydrogens (tertiary/aromatic N) is 4. The molecular formula is C18H24N4O3. The maximum atomic E-state index is 10.6. The summed E-state index contributed by atoms with van der Waals surface area (Å²) in [6.45, 7) is 2.96. The van der Waals surface area contributed by atoms with E-state index in [0.29, 0.717) is 18.4 Å². The summed E-state index contributed by atoms with van der Waals surface area (Å²) < 4.78 is 5.41. The molecule has 25 heavy (non-hydrogen) atoms. The van der Waals surface area contributed by atoms with Gasteiger partial charge in [0.05, 0.1) is 12.2 Å². The summed E-state index contributed by atoms with van der Waals surface area (Å²) in [6.07, 6.45) is 1.77. The first-order valence-electron chi connectivity index (χ1n) is 8.95. The normalized spacial score (nSPS) is 26.1. The van der Waals surface area contributed by atoms with E-state index in [1.165, 1.54) is 0 Å². The molecule has 2 atom stereocenters. The molecule has 134 valence electrons. The van der Waals surface area contributed by atoms with Crippen LogP contribution in [0.2, 0.25) is 0 Å². The Balaban J connectivity index is 1.40. The summed E-state index contributed by atoms with van der Waals surface area (Å²) in [5.74, 6) is 0.567. The van der Waals surface area contributed by atoms with Crippen molar-refractivity contribution in [3.05, 3.63) is 30.3 Å². The fourth-order valence-electron chi connectivity index (χ4n) is 3.78. The van der Waals surface area contributed by atoms with Crippen LogP contribution < -0.4 is 4.90 Å². The molecule has 2 N–H and O–H groups in total. The molecule has 2 aliphatic rings. The van der Waals surface area contributed by atoms with E-state index in [9.17, 15) is 10.2 Å². The van der Waals surface area contributed by atoms with Crippen molar-refractivity contribution >= 4 is 6.01 Å². The lowest BCUT2D eigenvalue weighted by atomic mass is 9.97. The average Bonchev–Trinajstić information content (AvgIpc) is 3.13. The van der Waals surface area contributed by atoms with E-state index >= 15 is 0 Å². The van der Waals surface area contributed by atoms with Crippen molar-refractivity contribution in [2.24, 2.45) is 0 Å². The maximum absolute atomic E-state index is 10.6. The number of aliphatic hydroxyl groups is 2. The van der Waals surface area contributed by atoms with Gasteiger partial charge in [0.25, 0.3) is 0 Å². The third kappa shape index (κ3) is 3.53. The third-order valence-electron chi connectivity index (χ3n) is 5.23. The predicted molar refractivity (Wildman–Crippen MR) is 93.2 cm³/mol. The molecule has 0 saturated carbocycles. The molecule has 7 heteroatoms. The van der Waals surface area contributed by atoms with Crippen LogP contribution in [0.25, 0.3) is 11.4 Å². The lowest BCUT2D eigenvalue weighted by molar-refractivity contribution is -0.000867. The third-order valence-corrected chi connectivity index (χ3v) is 5.23. The molecule has 0 radical (unpaired) electrons. The Morgan fingerprint density at radius 1 is 1.00 bits per heavy atom. The highest BCUT2D eigenvalue weighted by atomic mass is 16.5. The van der Waals surface area contributed by atoms with Crippen LogP contribution in [-0.4, -0.2) is 69.7 Å². The minimum Gasteiger partial charge on any atom is -0.393 e. The zero-order chi connectivity index (χ0) is 17.2. The zero-order valence-corrected chi connectivity index (χ0v) is 14.2. The summed E-state index contributed by atoms with van der Waals surface area (Å²) in [5.41, 5.74) is 0.916. The number of hydrogen-bond donors (Lipinski definition) is 2. The molecule has 3 heterocycles. The molecule has 1 aromatic carbocycles. The van der Waals surface area contributed by atoms with E-state index in [0.717, 1.165) is 44.5 Å². The van der Waals surface area contributed by atoms with Gasteiger partial charge in [0.2, 0.25) is 5.82 Å². The summed E-state index contributed by atoms with van der Waals surface area (Å²) in [4.78, 5) is 8.74. The van der Waals surface area contributed by atoms with Crippen LogP contribution in [0.15, 0.2) is 34.9 Å². The largest absolute Gasteiger partial charge is 0.393 e. The van der Waals surface area contributed by atoms with Gasteiger partial charge in [-0.15, -0.1) is 0 Å². The molecule has 0 spiro atoms. The van der Waals surface area contributed by atoms with Crippen molar-refractivity contribution in [3.63, 3.8) is 0 Å². The topological polar surface area (TPSA) is 85.9 Å². The van der Waals surface area contributed by atoms with Gasteiger partial charge < -0.3 is 19.6 Å². The van der Waals surface area contributed by atoms with E-state index in [2.05, 4.69) is 15.0 Å². The first kappa shape index (κ1) is 16.5. The fraction of sp³-hybridized carbons (Fsp3) is 0.556. The molecule has 4 rings (SSSR count). The van der Waals surface area contributed by atoms with Crippen molar-refractivity contribution in [2.75, 3.05) is 31.1 Å². The number of piperidine rings is 2. The van der Waals surface area contributed by atoms with Crippen molar-refractivity contribution in [1.82, 2.24) is 15.0 Å². The van der Waals surface area contributed by atoms with Crippen LogP contribution in [0.1, 0.15) is 19.3 Å². The Hall–Kier alpha value is -1.96. The van der Waals surface area contributed by atoms with Crippen molar-refractivity contribution in [3.8, 4) is 11.4 Å². The predicted octanol–water partition coefficient (Wildman–Crippen LogP) is 1.13. The molecule has 2 aliphatic heterocycles. The molecule has 0 aliphatic carbocycles. The molecule has 0 unspecified atom stereocenters. The molecule has 1 aromatic heterocycles. The lowest BCUT2D eigenvalue weighted by Crippen LogP contribution is -2.56. The molecule has 0 amide bonds. The van der Waals surface area contributed by atoms with Crippen LogP contribution in [0, 0.1) is 0 Å². The lowest BCUT2D eigenvalue weighted by Gasteiger charge is -2.43. The zero-order valence-electron chi connectivity index (χ0n) is 14.2. The van der Waals surface area contributed by atoms with Crippen LogP contribution in [0.4, 0.5) is 6.01 Å². The second-order valence-electron chi connectivity index (χ2n) is 6.90. The van der Waals surface area contributed by atoms with Crippen molar-refractivity contribution in [1.29, 1.82) is 0 Å². The van der Waals surface area contributed by atoms with Crippen LogP contribution in [-0.2, 0) is 0 Å². The number of aliphatic hydroxyl groups excluding tert-OH is 2. The van der Waals surface area contributed by atoms with E-state index in [4.69, 9.17) is 4.52 Å². The number of benzene rings is 1. The van der Waals surface area contributed by atoms with E-state index in [-0.39, 0.29) is 12.1 Å². The van der Waals surface area contributed by atoms with Crippen LogP contribution in [0.3, 0.4) is 0 Å². The minimum absolute atomic E-state index is 0.139. The van der Waals surface area contributed by atoms with Crippen molar-refractivity contribution < 1.29 is 14.7 Å². The molecule has 2 fully saturated rings. The van der Waals surface area contributed by atoms with E-state index in [1.807, 2.05) is 35.2 Å². The fourth-order valence-corrected chi connectivity index (χ4v) is 3.78. The summed E-state index contributed by atoms with van der Waals surface area (Å²) in [5, 5.41) is 24.3. The molecule has 2 aromatic rings. The Morgan fingerprint density at radius 2 is 1.76 bits per heavy atom. The van der Waals surface area contributed by atoms with E-state index in [1.54, 1.807) is 0 Å². The quantitative estimate of drug-likeness (QED) is 0.863. The highest BCUT2D eigenvalue weighted by Crippen LogP contribution is 2.26. The number of β-amino-alcohol motifs (C(OH)–C–C–N with tert-alkyl or cyclic N) is 1. The highest BCUT2D eigenvalue weighted by Gasteiger charge is 2.35. The average molecular weight is 344 g/mol. The van der Waals surface area contributed by atoms with Crippen molar-refractivity contribution in [2.45, 2.75) is 37.5 Å². The first-order chi connectivity index (χ1) is 12.2. The van der Waals surface area contributed by atoms with E-state index < -0.39 is 6.10 Å². The maximum Gasteiger partial charge on any atom is 0.324 e. The van der Waals surface area contributed by atoms with Gasteiger partial charge in [-0.05, 0) is 19.3 Å². The van der Waals surface area contributed by atoms with Gasteiger partial charge in [0.1, 0.15) is 0 Å². The Labute approximate surface area is 146 Å². The second-order valence-corrected chi connectivity index (χ2v) is 6.90. The summed E-state index contributed by atoms with van der Waals surface area (Å²) in [6, 6.07) is 10.3. The Morgan fingerprint density at radius 3 is 2.48 bits per heavy atom. The van der Waals surface area contributed by atoms with Crippen LogP contribution in [0.5, 0.6) is 0 Å². The molecule has 0 bridgehead atoms. The summed E-state index contributed by atoms with van der Waals surface area (Å²) >= 11 is 0. The SMILES string of the molecule is OC1CCN([C@@H]2CCN(c3nc(-c4ccccc4)no3)C[C@H]2O)CC1. The summed E-state index contributed by atoms with van der Waals surface area (Å²) in [7, 11) is 0. The molecule has 2 saturated heterocycles. The van der Waals surface area contributed by atoms with Gasteiger partial charge in [-0.2, -0.15) is 4.98 Å². The number of hydrogen-bond acceptors (Lipinski definition) is 7. The number of anilines is 1. The smallest absolute Gasteiger partial charge is 0.324 e. The van der Waals surface area contributed by atoms with Gasteiger partial charge in [0.15, 0.2) is 0 Å². The first-order valence-corrected chi connectivity index (χ1v) is 8.95. The number of rotatable bonds is 3. The number of likely N-dealkylation sites (tertiary alicyclic amines) is 1. The Kier molecular flexibility index (Phi) is 4.70. The standard InChI is InChI=1S/C18H24N4O3/c23-14-6-9-21(10-7-14)15-8-11-22(12-16(15)24)18-19-17(20-25-18)13-4-2-1-3-5-13/h1-5,14-16,23-24H,6-12H2/t15-,16-/m1/s1. The molecular weight excluding hydrogens is 320 g/mol. The van der Waals surface area contributed by atoms with Gasteiger partial charge >= 0.3 is 6.01 Å². The van der Waals surface area contributed by atoms with Gasteiger partial charge in [0, 0.05) is 37.8 Å². The molecule has 7 nitrogen and oxygen atoms in total. The monoisotopic (exact) mass is 344 g/mol. The van der Waals surface area contributed by atoms with Gasteiger partial charge in [-0.1, -0.05) is 35.5 Å².